The van der Waals surface area contributed by atoms with Crippen LogP contribution in [0.5, 0.6) is 0 Å². The van der Waals surface area contributed by atoms with Crippen LogP contribution in [0.3, 0.4) is 0 Å². The Bertz CT molecular complexity index is 1410. The molecule has 11 nitrogen and oxygen atoms in total. The summed E-state index contributed by atoms with van der Waals surface area (Å²) in [6.07, 6.45) is 0. The topological polar surface area (TPSA) is 146 Å². The number of hydrogen-bond acceptors (Lipinski definition) is 10. The fourth-order valence-corrected chi connectivity index (χ4v) is 4.66. The predicted octanol–water partition coefficient (Wildman–Crippen LogP) is 0.664. The van der Waals surface area contributed by atoms with Gasteiger partial charge in [-0.1, -0.05) is 23.4 Å². The molecule has 2 aromatic heterocycles. The molecule has 0 aliphatic heterocycles. The summed E-state index contributed by atoms with van der Waals surface area (Å²) >= 11 is 0.887. The van der Waals surface area contributed by atoms with Crippen molar-refractivity contribution >= 4 is 49.7 Å². The number of benzene rings is 2. The number of ether oxygens (including phenoxy) is 1. The van der Waals surface area contributed by atoms with Gasteiger partial charge in [0.25, 0.3) is 5.56 Å². The first-order valence-electron chi connectivity index (χ1n) is 8.59. The molecule has 154 valence electrons. The molecule has 2 aromatic carbocycles. The zero-order valence-corrected chi connectivity index (χ0v) is 17.1. The Labute approximate surface area is 173 Å². The van der Waals surface area contributed by atoms with E-state index < -0.39 is 34.3 Å². The fourth-order valence-electron chi connectivity index (χ4n) is 2.70. The summed E-state index contributed by atoms with van der Waals surface area (Å²) in [6.45, 7) is 0.821. The number of rotatable bonds is 6. The van der Waals surface area contributed by atoms with Gasteiger partial charge in [-0.3, -0.25) is 9.59 Å². The number of sulfonamides is 1. The van der Waals surface area contributed by atoms with Gasteiger partial charge in [0.05, 0.1) is 17.1 Å². The molecule has 4 aromatic rings. The second-order valence-corrected chi connectivity index (χ2v) is 8.45. The third kappa shape index (κ3) is 3.77. The summed E-state index contributed by atoms with van der Waals surface area (Å²) in [6, 6.07) is 9.93. The molecule has 0 saturated heterocycles. The lowest BCUT2D eigenvalue weighted by Crippen LogP contribution is -2.40. The minimum absolute atomic E-state index is 0.0926. The Morgan fingerprint density at radius 3 is 2.77 bits per heavy atom. The summed E-state index contributed by atoms with van der Waals surface area (Å²) < 4.78 is 41.5. The molecule has 1 N–H and O–H groups in total. The number of carbonyl (C=O) groups excluding carboxylic acids is 1. The fraction of sp³-hybridized carbons (Fsp3) is 0.176. The van der Waals surface area contributed by atoms with Gasteiger partial charge in [0.2, 0.25) is 10.0 Å². The van der Waals surface area contributed by atoms with E-state index in [-0.39, 0.29) is 10.4 Å². The molecule has 0 aliphatic carbocycles. The maximum absolute atomic E-state index is 12.7. The van der Waals surface area contributed by atoms with Crippen molar-refractivity contribution in [1.29, 1.82) is 0 Å². The van der Waals surface area contributed by atoms with Crippen LogP contribution < -0.4 is 10.3 Å². The van der Waals surface area contributed by atoms with E-state index in [4.69, 9.17) is 4.74 Å². The highest BCUT2D eigenvalue weighted by Crippen LogP contribution is 2.21. The van der Waals surface area contributed by atoms with Crippen molar-refractivity contribution in [1.82, 2.24) is 28.5 Å². The van der Waals surface area contributed by atoms with Crippen LogP contribution in [0.15, 0.2) is 52.2 Å². The quantitative estimate of drug-likeness (QED) is 0.422. The molecule has 4 rings (SSSR count). The Balaban J connectivity index is 1.47. The number of nitrogens with zero attached hydrogens (tertiary/aromatic N) is 5. The molecule has 0 aliphatic rings. The van der Waals surface area contributed by atoms with Crippen LogP contribution in [0.25, 0.3) is 21.9 Å². The molecule has 0 fully saturated rings. The van der Waals surface area contributed by atoms with Gasteiger partial charge in [-0.15, -0.1) is 5.10 Å². The van der Waals surface area contributed by atoms with Crippen molar-refractivity contribution < 1.29 is 17.9 Å². The van der Waals surface area contributed by atoms with Gasteiger partial charge < -0.3 is 4.74 Å². The third-order valence-electron chi connectivity index (χ3n) is 4.18. The Morgan fingerprint density at radius 2 is 1.93 bits per heavy atom. The molecule has 0 saturated carbocycles. The summed E-state index contributed by atoms with van der Waals surface area (Å²) in [5, 5.41) is 7.92. The lowest BCUT2D eigenvalue weighted by molar-refractivity contribution is -0.149. The molecule has 1 unspecified atom stereocenters. The van der Waals surface area contributed by atoms with Gasteiger partial charge in [0.15, 0.2) is 6.73 Å². The summed E-state index contributed by atoms with van der Waals surface area (Å²) in [5.74, 6) is -0.885. The molecule has 0 amide bonds. The summed E-state index contributed by atoms with van der Waals surface area (Å²) in [5.41, 5.74) is 0.585. The molecule has 0 radical (unpaired) electrons. The van der Waals surface area contributed by atoms with Crippen LogP contribution in [0.1, 0.15) is 6.92 Å². The summed E-state index contributed by atoms with van der Waals surface area (Å²) in [7, 11) is -4.06. The second-order valence-electron chi connectivity index (χ2n) is 6.23. The number of aromatic nitrogens is 5. The Morgan fingerprint density at radius 1 is 1.17 bits per heavy atom. The molecule has 0 bridgehead atoms. The molecule has 30 heavy (non-hydrogen) atoms. The van der Waals surface area contributed by atoms with Crippen molar-refractivity contribution in [2.24, 2.45) is 0 Å². The molecular weight excluding hydrogens is 432 g/mol. The van der Waals surface area contributed by atoms with Crippen molar-refractivity contribution in [3.8, 4) is 0 Å². The molecular formula is C17H14N6O5S2. The number of esters is 1. The molecule has 2 heterocycles. The van der Waals surface area contributed by atoms with E-state index in [0.29, 0.717) is 16.4 Å². The third-order valence-corrected chi connectivity index (χ3v) is 6.30. The highest BCUT2D eigenvalue weighted by molar-refractivity contribution is 7.89. The standard InChI is InChI=1S/C17H14N6O5S2/c1-10(21-30(26,27)14-8-4-7-13-15(14)20-29-19-13)17(25)28-9-23-16(24)11-5-2-3-6-12(11)18-22-23/h2-8,10,21H,9H2,1H3. The number of carbonyl (C=O) groups is 1. The van der Waals surface area contributed by atoms with Crippen LogP contribution in [0.2, 0.25) is 0 Å². The van der Waals surface area contributed by atoms with Crippen molar-refractivity contribution in [2.45, 2.75) is 24.6 Å². The van der Waals surface area contributed by atoms with Gasteiger partial charge in [-0.05, 0) is 31.2 Å². The van der Waals surface area contributed by atoms with Crippen LogP contribution in [0, 0.1) is 0 Å². The lowest BCUT2D eigenvalue weighted by atomic mass is 10.2. The summed E-state index contributed by atoms with van der Waals surface area (Å²) in [4.78, 5) is 24.6. The van der Waals surface area contributed by atoms with Gasteiger partial charge in [-0.25, -0.2) is 8.42 Å². The van der Waals surface area contributed by atoms with Crippen molar-refractivity contribution in [3.63, 3.8) is 0 Å². The lowest BCUT2D eigenvalue weighted by Gasteiger charge is -2.14. The van der Waals surface area contributed by atoms with Crippen LogP contribution in [-0.4, -0.2) is 44.2 Å². The van der Waals surface area contributed by atoms with E-state index in [1.54, 1.807) is 30.3 Å². The van der Waals surface area contributed by atoms with Crippen LogP contribution in [-0.2, 0) is 26.3 Å². The molecule has 1 atom stereocenters. The first kappa shape index (κ1) is 20.0. The zero-order chi connectivity index (χ0) is 21.3. The normalized spacial score (nSPS) is 12.8. The first-order valence-corrected chi connectivity index (χ1v) is 10.8. The van der Waals surface area contributed by atoms with Gasteiger partial charge in [-0.2, -0.15) is 18.2 Å². The minimum atomic E-state index is -4.06. The van der Waals surface area contributed by atoms with Crippen molar-refractivity contribution in [3.05, 3.63) is 52.8 Å². The van der Waals surface area contributed by atoms with Crippen LogP contribution in [0.4, 0.5) is 0 Å². The predicted molar refractivity (Wildman–Crippen MR) is 107 cm³/mol. The average Bonchev–Trinajstić information content (AvgIpc) is 3.21. The SMILES string of the molecule is CC(NS(=O)(=O)c1cccc2nsnc12)C(=O)OCn1nnc2ccccc2c1=O. The van der Waals surface area contributed by atoms with E-state index in [2.05, 4.69) is 23.8 Å². The van der Waals surface area contributed by atoms with Gasteiger partial charge in [0, 0.05) is 0 Å². The van der Waals surface area contributed by atoms with E-state index in [9.17, 15) is 18.0 Å². The number of hydrogen-bond donors (Lipinski definition) is 1. The van der Waals surface area contributed by atoms with Crippen molar-refractivity contribution in [2.75, 3.05) is 0 Å². The maximum Gasteiger partial charge on any atom is 0.325 e. The van der Waals surface area contributed by atoms with E-state index in [0.717, 1.165) is 16.4 Å². The van der Waals surface area contributed by atoms with Gasteiger partial charge in [0.1, 0.15) is 27.5 Å². The number of fused-ring (bicyclic) bond motifs is 2. The largest absolute Gasteiger partial charge is 0.441 e. The second kappa shape index (κ2) is 7.85. The highest BCUT2D eigenvalue weighted by atomic mass is 32.2. The molecule has 13 heteroatoms. The van der Waals surface area contributed by atoms with E-state index in [1.165, 1.54) is 19.1 Å². The zero-order valence-electron chi connectivity index (χ0n) is 15.4. The smallest absolute Gasteiger partial charge is 0.325 e. The Hall–Kier alpha value is -3.29. The van der Waals surface area contributed by atoms with E-state index in [1.807, 2.05) is 0 Å². The monoisotopic (exact) mass is 446 g/mol. The minimum Gasteiger partial charge on any atom is -0.441 e. The Kier molecular flexibility index (Phi) is 5.24. The van der Waals surface area contributed by atoms with E-state index >= 15 is 0 Å². The molecule has 0 spiro atoms. The first-order chi connectivity index (χ1) is 14.4. The highest BCUT2D eigenvalue weighted by Gasteiger charge is 2.26. The van der Waals surface area contributed by atoms with Crippen LogP contribution >= 0.6 is 11.7 Å². The number of nitrogens with one attached hydrogen (secondary N) is 1. The van der Waals surface area contributed by atoms with Gasteiger partial charge >= 0.3 is 5.97 Å². The average molecular weight is 446 g/mol. The maximum atomic E-state index is 12.7.